The predicted octanol–water partition coefficient (Wildman–Crippen LogP) is 2.92. The third-order valence-electron chi connectivity index (χ3n) is 3.75. The van der Waals surface area contributed by atoms with Crippen molar-refractivity contribution in [1.29, 1.82) is 0 Å². The first-order valence-electron chi connectivity index (χ1n) is 6.80. The summed E-state index contributed by atoms with van der Waals surface area (Å²) >= 11 is 0. The molecule has 0 spiro atoms. The third-order valence-corrected chi connectivity index (χ3v) is 3.75. The van der Waals surface area contributed by atoms with Gasteiger partial charge in [-0.25, -0.2) is 4.79 Å². The van der Waals surface area contributed by atoms with Crippen molar-refractivity contribution in [2.45, 2.75) is 26.2 Å². The molecule has 1 saturated heterocycles. The largest absolute Gasteiger partial charge is 0.477 e. The molecule has 1 N–H and O–H groups in total. The molecule has 0 saturated carbocycles. The van der Waals surface area contributed by atoms with Crippen molar-refractivity contribution in [2.24, 2.45) is 5.92 Å². The molecule has 0 radical (unpaired) electrons. The maximum absolute atomic E-state index is 11.2. The molecule has 6 heteroatoms. The molecule has 0 bridgehead atoms. The monoisotopic (exact) mass is 278 g/mol. The fraction of sp³-hybridized carbons (Fsp3) is 0.500. The van der Waals surface area contributed by atoms with Crippen LogP contribution in [0.5, 0.6) is 0 Å². The Kier molecular flexibility index (Phi) is 4.22. The van der Waals surface area contributed by atoms with Crippen LogP contribution in [0.2, 0.25) is 0 Å². The molecule has 0 aliphatic carbocycles. The van der Waals surface area contributed by atoms with Crippen LogP contribution in [0.3, 0.4) is 0 Å². The maximum atomic E-state index is 11.2. The minimum Gasteiger partial charge on any atom is -0.477 e. The summed E-state index contributed by atoms with van der Waals surface area (Å²) in [7, 11) is 0. The van der Waals surface area contributed by atoms with Crippen molar-refractivity contribution in [3.63, 3.8) is 0 Å². The Morgan fingerprint density at radius 3 is 2.90 bits per heavy atom. The van der Waals surface area contributed by atoms with Gasteiger partial charge in [0, 0.05) is 13.1 Å². The highest BCUT2D eigenvalue weighted by Crippen LogP contribution is 2.35. The van der Waals surface area contributed by atoms with Gasteiger partial charge in [0.15, 0.2) is 0 Å². The summed E-state index contributed by atoms with van der Waals surface area (Å²) in [5, 5.41) is 20.3. The molecule has 1 aromatic rings. The zero-order valence-corrected chi connectivity index (χ0v) is 11.4. The molecule has 108 valence electrons. The van der Waals surface area contributed by atoms with Gasteiger partial charge >= 0.3 is 11.7 Å². The molecule has 0 amide bonds. The van der Waals surface area contributed by atoms with Crippen LogP contribution in [0.1, 0.15) is 36.5 Å². The molecule has 20 heavy (non-hydrogen) atoms. The van der Waals surface area contributed by atoms with E-state index in [-0.39, 0.29) is 11.3 Å². The van der Waals surface area contributed by atoms with Crippen LogP contribution in [-0.2, 0) is 0 Å². The molecular weight excluding hydrogens is 260 g/mol. The minimum absolute atomic E-state index is 0.244. The first-order chi connectivity index (χ1) is 9.54. The molecular formula is C14H18N2O4. The summed E-state index contributed by atoms with van der Waals surface area (Å²) in [5.41, 5.74) is -0.114. The van der Waals surface area contributed by atoms with E-state index in [1.54, 1.807) is 12.1 Å². The number of carbonyl (C=O) groups is 1. The first kappa shape index (κ1) is 14.3. The molecule has 1 aliphatic rings. The van der Waals surface area contributed by atoms with E-state index >= 15 is 0 Å². The Bertz CT molecular complexity index is 530. The van der Waals surface area contributed by atoms with E-state index in [2.05, 4.69) is 6.92 Å². The van der Waals surface area contributed by atoms with Gasteiger partial charge in [-0.05, 0) is 30.9 Å². The van der Waals surface area contributed by atoms with Crippen molar-refractivity contribution in [3.05, 3.63) is 33.9 Å². The van der Waals surface area contributed by atoms with Crippen molar-refractivity contribution in [1.82, 2.24) is 0 Å². The number of aromatic carboxylic acids is 1. The van der Waals surface area contributed by atoms with Gasteiger partial charge in [0.2, 0.25) is 0 Å². The number of para-hydroxylation sites is 1. The molecule has 2 rings (SSSR count). The standard InChI is InChI=1S/C14H18N2O4/c1-2-4-10-7-8-15(9-10)12-6-3-5-11(14(17)18)13(12)16(19)20/h3,5-6,10H,2,4,7-9H2,1H3,(H,17,18). The Balaban J connectivity index is 2.35. The van der Waals surface area contributed by atoms with Gasteiger partial charge in [-0.15, -0.1) is 0 Å². The highest BCUT2D eigenvalue weighted by atomic mass is 16.6. The van der Waals surface area contributed by atoms with E-state index in [9.17, 15) is 14.9 Å². The molecule has 1 heterocycles. The molecule has 0 aromatic heterocycles. The van der Waals surface area contributed by atoms with Crippen LogP contribution in [0.4, 0.5) is 11.4 Å². The Morgan fingerprint density at radius 2 is 2.30 bits per heavy atom. The first-order valence-corrected chi connectivity index (χ1v) is 6.80. The van der Waals surface area contributed by atoms with Gasteiger partial charge < -0.3 is 10.0 Å². The summed E-state index contributed by atoms with van der Waals surface area (Å²) < 4.78 is 0. The van der Waals surface area contributed by atoms with Crippen LogP contribution < -0.4 is 4.90 Å². The van der Waals surface area contributed by atoms with Gasteiger partial charge in [-0.2, -0.15) is 0 Å². The lowest BCUT2D eigenvalue weighted by Gasteiger charge is -2.19. The van der Waals surface area contributed by atoms with E-state index < -0.39 is 10.9 Å². The normalized spacial score (nSPS) is 18.2. The molecule has 1 atom stereocenters. The molecule has 1 aliphatic heterocycles. The second-order valence-corrected chi connectivity index (χ2v) is 5.12. The van der Waals surface area contributed by atoms with Gasteiger partial charge in [0.1, 0.15) is 11.3 Å². The van der Waals surface area contributed by atoms with Crippen LogP contribution in [-0.4, -0.2) is 29.1 Å². The van der Waals surface area contributed by atoms with E-state index in [0.717, 1.165) is 32.4 Å². The van der Waals surface area contributed by atoms with E-state index in [4.69, 9.17) is 5.11 Å². The predicted molar refractivity (Wildman–Crippen MR) is 75.3 cm³/mol. The van der Waals surface area contributed by atoms with Crippen LogP contribution in [0.15, 0.2) is 18.2 Å². The summed E-state index contributed by atoms with van der Waals surface area (Å²) in [6, 6.07) is 4.49. The van der Waals surface area contributed by atoms with Crippen LogP contribution >= 0.6 is 0 Å². The number of benzene rings is 1. The van der Waals surface area contributed by atoms with Gasteiger partial charge in [0.05, 0.1) is 4.92 Å². The van der Waals surface area contributed by atoms with Gasteiger partial charge in [-0.1, -0.05) is 19.4 Å². The van der Waals surface area contributed by atoms with Crippen molar-refractivity contribution >= 4 is 17.3 Å². The average molecular weight is 278 g/mol. The number of hydrogen-bond donors (Lipinski definition) is 1. The van der Waals surface area contributed by atoms with Gasteiger partial charge in [-0.3, -0.25) is 10.1 Å². The maximum Gasteiger partial charge on any atom is 0.342 e. The third kappa shape index (κ3) is 2.74. The van der Waals surface area contributed by atoms with Crippen molar-refractivity contribution in [2.75, 3.05) is 18.0 Å². The van der Waals surface area contributed by atoms with Gasteiger partial charge in [0.25, 0.3) is 0 Å². The summed E-state index contributed by atoms with van der Waals surface area (Å²) in [4.78, 5) is 23.7. The summed E-state index contributed by atoms with van der Waals surface area (Å²) in [6.07, 6.45) is 3.20. The minimum atomic E-state index is -1.26. The number of nitro groups is 1. The van der Waals surface area contributed by atoms with Crippen LogP contribution in [0.25, 0.3) is 0 Å². The lowest BCUT2D eigenvalue weighted by molar-refractivity contribution is -0.384. The number of hydrogen-bond acceptors (Lipinski definition) is 4. The topological polar surface area (TPSA) is 83.7 Å². The highest BCUT2D eigenvalue weighted by Gasteiger charge is 2.30. The lowest BCUT2D eigenvalue weighted by atomic mass is 10.0. The Labute approximate surface area is 117 Å². The number of carboxylic acids is 1. The van der Waals surface area contributed by atoms with E-state index in [1.165, 1.54) is 6.07 Å². The summed E-state index contributed by atoms with van der Waals surface area (Å²) in [5.74, 6) is -0.726. The summed E-state index contributed by atoms with van der Waals surface area (Å²) in [6.45, 7) is 3.63. The van der Waals surface area contributed by atoms with Crippen LogP contribution in [0, 0.1) is 16.0 Å². The van der Waals surface area contributed by atoms with Crippen molar-refractivity contribution < 1.29 is 14.8 Å². The smallest absolute Gasteiger partial charge is 0.342 e. The zero-order valence-electron chi connectivity index (χ0n) is 11.4. The number of nitrogens with zero attached hydrogens (tertiary/aromatic N) is 2. The number of carboxylic acid groups (broad SMARTS) is 1. The average Bonchev–Trinajstić information content (AvgIpc) is 2.86. The molecule has 1 fully saturated rings. The zero-order chi connectivity index (χ0) is 14.7. The van der Waals surface area contributed by atoms with Crippen molar-refractivity contribution in [3.8, 4) is 0 Å². The lowest BCUT2D eigenvalue weighted by Crippen LogP contribution is -2.21. The number of anilines is 1. The second-order valence-electron chi connectivity index (χ2n) is 5.12. The second kappa shape index (κ2) is 5.90. The fourth-order valence-corrected chi connectivity index (χ4v) is 2.85. The Hall–Kier alpha value is -2.11. The fourth-order valence-electron chi connectivity index (χ4n) is 2.85. The SMILES string of the molecule is CCCC1CCN(c2cccc(C(=O)O)c2[N+](=O)[O-])C1. The number of rotatable bonds is 5. The Morgan fingerprint density at radius 1 is 1.55 bits per heavy atom. The highest BCUT2D eigenvalue weighted by molar-refractivity contribution is 5.95. The molecule has 1 unspecified atom stereocenters. The number of nitro benzene ring substituents is 1. The molecule has 1 aromatic carbocycles. The quantitative estimate of drug-likeness (QED) is 0.661. The molecule has 6 nitrogen and oxygen atoms in total. The van der Waals surface area contributed by atoms with E-state index in [1.807, 2.05) is 4.90 Å². The van der Waals surface area contributed by atoms with E-state index in [0.29, 0.717) is 11.6 Å².